The van der Waals surface area contributed by atoms with Gasteiger partial charge in [-0.15, -0.1) is 0 Å². The first-order chi connectivity index (χ1) is 15.7. The summed E-state index contributed by atoms with van der Waals surface area (Å²) in [6.07, 6.45) is 4.49. The van der Waals surface area contributed by atoms with E-state index in [4.69, 9.17) is 4.74 Å². The molecule has 2 aliphatic heterocycles. The molecule has 1 saturated carbocycles. The van der Waals surface area contributed by atoms with Crippen LogP contribution in [0, 0.1) is 0 Å². The fraction of sp³-hybridized carbons (Fsp3) is 0.560. The lowest BCUT2D eigenvalue weighted by molar-refractivity contribution is 0.0185. The fourth-order valence-electron chi connectivity index (χ4n) is 5.28. The summed E-state index contributed by atoms with van der Waals surface area (Å²) in [5.41, 5.74) is 1.56. The van der Waals surface area contributed by atoms with Gasteiger partial charge in [-0.3, -0.25) is 9.59 Å². The molecule has 1 spiro atoms. The number of nitrogens with zero attached hydrogens (tertiary/aromatic N) is 2. The van der Waals surface area contributed by atoms with E-state index in [1.807, 2.05) is 45.0 Å². The van der Waals surface area contributed by atoms with Crippen molar-refractivity contribution in [3.05, 3.63) is 35.5 Å². The number of piperidine rings is 1. The maximum absolute atomic E-state index is 13.1. The lowest BCUT2D eigenvalue weighted by Crippen LogP contribution is -2.55. The summed E-state index contributed by atoms with van der Waals surface area (Å²) >= 11 is 0. The first kappa shape index (κ1) is 21.8. The molecule has 1 aromatic heterocycles. The van der Waals surface area contributed by atoms with Crippen molar-refractivity contribution in [3.63, 3.8) is 0 Å². The van der Waals surface area contributed by atoms with Gasteiger partial charge in [-0.1, -0.05) is 6.07 Å². The van der Waals surface area contributed by atoms with E-state index >= 15 is 0 Å². The first-order valence-corrected chi connectivity index (χ1v) is 11.9. The number of carbonyl (C=O) groups excluding carboxylic acids is 3. The highest BCUT2D eigenvalue weighted by Gasteiger charge is 2.44. The zero-order chi connectivity index (χ0) is 23.4. The minimum atomic E-state index is -0.548. The predicted octanol–water partition coefficient (Wildman–Crippen LogP) is 3.39. The minimum Gasteiger partial charge on any atom is -0.444 e. The number of rotatable bonds is 2. The molecule has 3 amide bonds. The highest BCUT2D eigenvalue weighted by molar-refractivity contribution is 6.03. The van der Waals surface area contributed by atoms with Crippen molar-refractivity contribution in [2.45, 2.75) is 70.1 Å². The molecular formula is C25H32N4O4. The molecule has 3 aliphatic rings. The van der Waals surface area contributed by atoms with Gasteiger partial charge in [0.05, 0.1) is 11.1 Å². The van der Waals surface area contributed by atoms with Crippen LogP contribution in [-0.2, 0) is 10.3 Å². The third-order valence-electron chi connectivity index (χ3n) is 7.04. The third-order valence-corrected chi connectivity index (χ3v) is 7.04. The van der Waals surface area contributed by atoms with Crippen LogP contribution in [-0.4, -0.2) is 58.7 Å². The van der Waals surface area contributed by atoms with Crippen LogP contribution in [0.4, 0.5) is 4.79 Å². The van der Waals surface area contributed by atoms with Gasteiger partial charge >= 0.3 is 6.09 Å². The number of likely N-dealkylation sites (tertiary alicyclic amines) is 1. The zero-order valence-electron chi connectivity index (χ0n) is 19.6. The quantitative estimate of drug-likeness (QED) is 0.731. The maximum atomic E-state index is 13.1. The number of hydrogen-bond donors (Lipinski definition) is 2. The Hall–Kier alpha value is -3.03. The van der Waals surface area contributed by atoms with Gasteiger partial charge in [-0.25, -0.2) is 4.79 Å². The molecule has 1 aromatic carbocycles. The Bertz CT molecular complexity index is 1130. The summed E-state index contributed by atoms with van der Waals surface area (Å²) in [6, 6.07) is 7.43. The second-order valence-corrected chi connectivity index (χ2v) is 10.6. The van der Waals surface area contributed by atoms with Crippen LogP contribution in [0.15, 0.2) is 24.3 Å². The molecule has 8 nitrogen and oxygen atoms in total. The second kappa shape index (κ2) is 7.78. The number of benzene rings is 1. The molecule has 0 unspecified atom stereocenters. The van der Waals surface area contributed by atoms with Crippen LogP contribution in [0.5, 0.6) is 0 Å². The van der Waals surface area contributed by atoms with E-state index in [0.29, 0.717) is 30.9 Å². The van der Waals surface area contributed by atoms with Crippen LogP contribution in [0.1, 0.15) is 73.7 Å². The maximum Gasteiger partial charge on any atom is 0.410 e. The second-order valence-electron chi connectivity index (χ2n) is 10.6. The third kappa shape index (κ3) is 3.96. The summed E-state index contributed by atoms with van der Waals surface area (Å²) in [6.45, 7) is 7.26. The van der Waals surface area contributed by atoms with Crippen molar-refractivity contribution in [2.75, 3.05) is 19.6 Å². The van der Waals surface area contributed by atoms with E-state index < -0.39 is 5.60 Å². The molecule has 0 radical (unpaired) electrons. The van der Waals surface area contributed by atoms with Gasteiger partial charge in [0.25, 0.3) is 11.8 Å². The van der Waals surface area contributed by atoms with Crippen molar-refractivity contribution in [3.8, 4) is 0 Å². The monoisotopic (exact) mass is 452 g/mol. The number of aromatic nitrogens is 1. The highest BCUT2D eigenvalue weighted by atomic mass is 16.6. The molecule has 1 atom stereocenters. The van der Waals surface area contributed by atoms with Crippen LogP contribution in [0.3, 0.4) is 0 Å². The van der Waals surface area contributed by atoms with Crippen LogP contribution in [0.25, 0.3) is 10.9 Å². The van der Waals surface area contributed by atoms with Gasteiger partial charge in [0.15, 0.2) is 0 Å². The topological polar surface area (TPSA) is 92.7 Å². The minimum absolute atomic E-state index is 0.0563. The van der Waals surface area contributed by atoms with Crippen molar-refractivity contribution >= 4 is 28.8 Å². The molecule has 2 fully saturated rings. The van der Waals surface area contributed by atoms with Crippen molar-refractivity contribution in [2.24, 2.45) is 0 Å². The van der Waals surface area contributed by atoms with Crippen LogP contribution in [0.2, 0.25) is 0 Å². The average molecular weight is 453 g/mol. The van der Waals surface area contributed by atoms with Crippen molar-refractivity contribution in [1.29, 1.82) is 0 Å². The van der Waals surface area contributed by atoms with Gasteiger partial charge in [0, 0.05) is 36.6 Å². The van der Waals surface area contributed by atoms with Gasteiger partial charge in [-0.05, 0) is 71.1 Å². The molecule has 1 saturated heterocycles. The molecule has 2 aromatic rings. The highest BCUT2D eigenvalue weighted by Crippen LogP contribution is 2.44. The van der Waals surface area contributed by atoms with Gasteiger partial charge in [0.1, 0.15) is 11.3 Å². The number of hydrogen-bond acceptors (Lipinski definition) is 4. The molecule has 0 bridgehead atoms. The first-order valence-electron chi connectivity index (χ1n) is 11.9. The zero-order valence-corrected chi connectivity index (χ0v) is 19.6. The SMILES string of the molecule is CC(C)(C)OC(=O)N1CCC[C@H](NC(=O)c2ccc3cc4n(c3c2)C2(CCC2)CNC4=O)C1. The lowest BCUT2D eigenvalue weighted by Gasteiger charge is -2.47. The van der Waals surface area contributed by atoms with E-state index in [-0.39, 0.29) is 29.5 Å². The van der Waals surface area contributed by atoms with E-state index in [1.54, 1.807) is 4.90 Å². The van der Waals surface area contributed by atoms with Gasteiger partial charge in [-0.2, -0.15) is 0 Å². The molecule has 1 aliphatic carbocycles. The summed E-state index contributed by atoms with van der Waals surface area (Å²) in [7, 11) is 0. The molecule has 33 heavy (non-hydrogen) atoms. The summed E-state index contributed by atoms with van der Waals surface area (Å²) in [5, 5.41) is 7.10. The summed E-state index contributed by atoms with van der Waals surface area (Å²) in [4.78, 5) is 39.7. The molecule has 5 rings (SSSR count). The smallest absolute Gasteiger partial charge is 0.410 e. The summed E-state index contributed by atoms with van der Waals surface area (Å²) in [5.74, 6) is -0.217. The fourth-order valence-corrected chi connectivity index (χ4v) is 5.28. The van der Waals surface area contributed by atoms with Gasteiger partial charge in [0.2, 0.25) is 0 Å². The van der Waals surface area contributed by atoms with Crippen LogP contribution < -0.4 is 10.6 Å². The van der Waals surface area contributed by atoms with E-state index in [9.17, 15) is 14.4 Å². The normalized spacial score (nSPS) is 21.8. The Morgan fingerprint density at radius 1 is 1.18 bits per heavy atom. The Morgan fingerprint density at radius 2 is 1.97 bits per heavy atom. The lowest BCUT2D eigenvalue weighted by atomic mass is 9.75. The number of amides is 3. The number of fused-ring (bicyclic) bond motifs is 4. The molecule has 176 valence electrons. The predicted molar refractivity (Wildman–Crippen MR) is 124 cm³/mol. The molecule has 3 heterocycles. The van der Waals surface area contributed by atoms with Crippen molar-refractivity contribution < 1.29 is 19.1 Å². The Balaban J connectivity index is 1.35. The number of ether oxygens (including phenoxy) is 1. The standard InChI is InChI=1S/C25H32N4O4/c1-24(2,3)33-23(32)28-11-4-6-18(14-28)27-21(30)17-8-7-16-12-20-22(31)26-15-25(9-5-10-25)29(20)19(16)13-17/h7-8,12-13,18H,4-6,9-11,14-15H2,1-3H3,(H,26,31)(H,27,30)/t18-/m0/s1. The number of carbonyl (C=O) groups is 3. The Kier molecular flexibility index (Phi) is 5.14. The summed E-state index contributed by atoms with van der Waals surface area (Å²) < 4.78 is 7.65. The van der Waals surface area contributed by atoms with Crippen LogP contribution >= 0.6 is 0 Å². The largest absolute Gasteiger partial charge is 0.444 e. The van der Waals surface area contributed by atoms with Gasteiger partial charge < -0.3 is 24.8 Å². The molecular weight excluding hydrogens is 420 g/mol. The average Bonchev–Trinajstić information content (AvgIpc) is 3.12. The van der Waals surface area contributed by atoms with E-state index in [2.05, 4.69) is 15.2 Å². The van der Waals surface area contributed by atoms with E-state index in [0.717, 1.165) is 43.0 Å². The Labute approximate surface area is 193 Å². The number of nitrogens with one attached hydrogen (secondary N) is 2. The molecule has 8 heteroatoms. The van der Waals surface area contributed by atoms with Crippen molar-refractivity contribution in [1.82, 2.24) is 20.1 Å². The van der Waals surface area contributed by atoms with E-state index in [1.165, 1.54) is 0 Å². The Morgan fingerprint density at radius 3 is 2.67 bits per heavy atom. The molecule has 2 N–H and O–H groups in total.